The first kappa shape index (κ1) is 9.93. The van der Waals surface area contributed by atoms with Gasteiger partial charge in [0.15, 0.2) is 0 Å². The maximum atomic E-state index is 11.0. The fourth-order valence-electron chi connectivity index (χ4n) is 0.765. The first-order valence-corrected chi connectivity index (χ1v) is 3.98. The number of rotatable bonds is 1. The molecule has 0 aliphatic rings. The minimum absolute atomic E-state index is 0.134. The molecule has 3 nitrogen and oxygen atoms in total. The predicted molar refractivity (Wildman–Crippen MR) is 48.9 cm³/mol. The van der Waals surface area contributed by atoms with E-state index in [1.807, 2.05) is 0 Å². The molecule has 1 rings (SSSR count). The van der Waals surface area contributed by atoms with E-state index in [4.69, 9.17) is 23.2 Å². The zero-order valence-corrected chi connectivity index (χ0v) is 7.76. The van der Waals surface area contributed by atoms with Crippen molar-refractivity contribution in [2.75, 3.05) is 0 Å². The number of halogens is 2. The van der Waals surface area contributed by atoms with E-state index < -0.39 is 5.91 Å². The average Bonchev–Trinajstić information content (AvgIpc) is 2.04. The Labute approximate surface area is 84.0 Å². The van der Waals surface area contributed by atoms with E-state index in [0.29, 0.717) is 5.02 Å². The van der Waals surface area contributed by atoms with Crippen LogP contribution in [0.3, 0.4) is 0 Å². The van der Waals surface area contributed by atoms with Crippen LogP contribution in [-0.4, -0.2) is 12.0 Å². The minimum Gasteiger partial charge on any atom is -0.266 e. The quantitative estimate of drug-likeness (QED) is 0.534. The van der Waals surface area contributed by atoms with E-state index in [1.165, 1.54) is 18.2 Å². The number of benzene rings is 1. The molecule has 0 N–H and O–H groups in total. The van der Waals surface area contributed by atoms with Crippen molar-refractivity contribution in [2.24, 2.45) is 4.99 Å². The summed E-state index contributed by atoms with van der Waals surface area (Å²) in [6, 6.07) is 4.28. The summed E-state index contributed by atoms with van der Waals surface area (Å²) in [4.78, 5) is 23.7. The van der Waals surface area contributed by atoms with Gasteiger partial charge in [0, 0.05) is 5.02 Å². The van der Waals surface area contributed by atoms with Gasteiger partial charge in [-0.2, -0.15) is 0 Å². The van der Waals surface area contributed by atoms with Crippen LogP contribution in [0.2, 0.25) is 10.0 Å². The maximum Gasteiger partial charge on any atom is 0.289 e. The van der Waals surface area contributed by atoms with Crippen molar-refractivity contribution in [1.29, 1.82) is 0 Å². The highest BCUT2D eigenvalue weighted by Crippen LogP contribution is 2.21. The van der Waals surface area contributed by atoms with Crippen LogP contribution in [0, 0.1) is 0 Å². The summed E-state index contributed by atoms with van der Waals surface area (Å²) < 4.78 is 0. The molecule has 0 spiro atoms. The number of amides is 1. The largest absolute Gasteiger partial charge is 0.289 e. The Hall–Kier alpha value is -1.15. The van der Waals surface area contributed by atoms with Crippen molar-refractivity contribution >= 4 is 35.2 Å². The van der Waals surface area contributed by atoms with Crippen LogP contribution >= 0.6 is 23.2 Å². The van der Waals surface area contributed by atoms with Gasteiger partial charge in [-0.15, -0.1) is 4.99 Å². The molecule has 0 aromatic heterocycles. The molecule has 0 bridgehead atoms. The second-order valence-electron chi connectivity index (χ2n) is 2.13. The zero-order valence-electron chi connectivity index (χ0n) is 6.25. The average molecular weight is 216 g/mol. The molecule has 0 heterocycles. The number of aliphatic imine (C=N–C) groups is 1. The molecule has 0 saturated heterocycles. The lowest BCUT2D eigenvalue weighted by Gasteiger charge is -1.97. The number of hydrogen-bond donors (Lipinski definition) is 0. The molecule has 0 fully saturated rings. The van der Waals surface area contributed by atoms with Crippen molar-refractivity contribution in [1.82, 2.24) is 0 Å². The van der Waals surface area contributed by atoms with E-state index in [0.717, 1.165) is 6.08 Å². The topological polar surface area (TPSA) is 46.5 Å². The molecule has 0 radical (unpaired) electrons. The first-order chi connectivity index (χ1) is 6.15. The van der Waals surface area contributed by atoms with E-state index in [2.05, 4.69) is 4.99 Å². The fraction of sp³-hybridized carbons (Fsp3) is 0. The SMILES string of the molecule is O=C=NC(=O)c1ccc(Cl)cc1Cl. The first-order valence-electron chi connectivity index (χ1n) is 3.22. The van der Waals surface area contributed by atoms with Crippen molar-refractivity contribution < 1.29 is 9.59 Å². The van der Waals surface area contributed by atoms with Gasteiger partial charge in [-0.1, -0.05) is 23.2 Å². The van der Waals surface area contributed by atoms with Gasteiger partial charge >= 0.3 is 0 Å². The highest BCUT2D eigenvalue weighted by Gasteiger charge is 2.08. The highest BCUT2D eigenvalue weighted by atomic mass is 35.5. The number of hydrogen-bond acceptors (Lipinski definition) is 2. The van der Waals surface area contributed by atoms with Crippen LogP contribution in [0.25, 0.3) is 0 Å². The van der Waals surface area contributed by atoms with E-state index in [1.54, 1.807) is 0 Å². The number of nitrogens with zero attached hydrogens (tertiary/aromatic N) is 1. The van der Waals surface area contributed by atoms with Gasteiger partial charge in [0.2, 0.25) is 6.08 Å². The van der Waals surface area contributed by atoms with Gasteiger partial charge in [-0.25, -0.2) is 4.79 Å². The summed E-state index contributed by atoms with van der Waals surface area (Å²) in [5.41, 5.74) is 0.134. The van der Waals surface area contributed by atoms with Crippen molar-refractivity contribution in [3.05, 3.63) is 33.8 Å². The molecule has 0 aliphatic heterocycles. The Bertz CT molecular complexity index is 397. The van der Waals surface area contributed by atoms with E-state index in [9.17, 15) is 9.59 Å². The molecule has 13 heavy (non-hydrogen) atoms. The fourth-order valence-corrected chi connectivity index (χ4v) is 1.25. The van der Waals surface area contributed by atoms with Gasteiger partial charge in [0.1, 0.15) is 0 Å². The summed E-state index contributed by atoms with van der Waals surface area (Å²) >= 11 is 11.3. The Kier molecular flexibility index (Phi) is 3.20. The maximum absolute atomic E-state index is 11.0. The van der Waals surface area contributed by atoms with Crippen LogP contribution in [0.4, 0.5) is 0 Å². The molecule has 0 aliphatic carbocycles. The summed E-state index contributed by atoms with van der Waals surface area (Å²) in [7, 11) is 0. The van der Waals surface area contributed by atoms with Crippen LogP contribution in [0.5, 0.6) is 0 Å². The molecule has 1 amide bonds. The molecular formula is C8H3Cl2NO2. The number of carbonyl (C=O) groups is 1. The lowest BCUT2D eigenvalue weighted by atomic mass is 10.2. The summed E-state index contributed by atoms with van der Waals surface area (Å²) in [5, 5.41) is 0.577. The van der Waals surface area contributed by atoms with E-state index >= 15 is 0 Å². The Morgan fingerprint density at radius 1 is 1.38 bits per heavy atom. The monoisotopic (exact) mass is 215 g/mol. The Morgan fingerprint density at radius 3 is 2.62 bits per heavy atom. The van der Waals surface area contributed by atoms with Gasteiger partial charge in [0.05, 0.1) is 10.6 Å². The van der Waals surface area contributed by atoms with E-state index in [-0.39, 0.29) is 10.6 Å². The number of carbonyl (C=O) groups excluding carboxylic acids is 2. The van der Waals surface area contributed by atoms with Crippen LogP contribution in [0.1, 0.15) is 10.4 Å². The van der Waals surface area contributed by atoms with Crippen molar-refractivity contribution in [3.63, 3.8) is 0 Å². The molecule has 1 aromatic carbocycles. The zero-order chi connectivity index (χ0) is 9.84. The normalized spacial score (nSPS) is 9.08. The summed E-state index contributed by atoms with van der Waals surface area (Å²) in [5.74, 6) is -0.725. The highest BCUT2D eigenvalue weighted by molar-refractivity contribution is 6.36. The summed E-state index contributed by atoms with van der Waals surface area (Å²) in [6.45, 7) is 0. The lowest BCUT2D eigenvalue weighted by Crippen LogP contribution is -1.94. The van der Waals surface area contributed by atoms with Gasteiger partial charge < -0.3 is 0 Å². The molecule has 1 aromatic rings. The standard InChI is InChI=1S/C8H3Cl2NO2/c9-5-1-2-6(7(10)3-5)8(13)11-4-12/h1-3H. The van der Waals surface area contributed by atoms with Crippen molar-refractivity contribution in [2.45, 2.75) is 0 Å². The minimum atomic E-state index is -0.725. The molecule has 0 unspecified atom stereocenters. The van der Waals surface area contributed by atoms with Crippen LogP contribution in [0.15, 0.2) is 23.2 Å². The third kappa shape index (κ3) is 2.39. The third-order valence-electron chi connectivity index (χ3n) is 1.31. The third-order valence-corrected chi connectivity index (χ3v) is 1.86. The molecule has 0 saturated carbocycles. The Balaban J connectivity index is 3.16. The van der Waals surface area contributed by atoms with Gasteiger partial charge in [0.25, 0.3) is 5.91 Å². The van der Waals surface area contributed by atoms with Gasteiger partial charge in [-0.3, -0.25) is 4.79 Å². The second-order valence-corrected chi connectivity index (χ2v) is 2.98. The predicted octanol–water partition coefficient (Wildman–Crippen LogP) is 2.47. The number of isocyanates is 1. The second kappa shape index (κ2) is 4.19. The molecular weight excluding hydrogens is 213 g/mol. The lowest BCUT2D eigenvalue weighted by molar-refractivity contribution is 0.100. The molecule has 0 atom stereocenters. The van der Waals surface area contributed by atoms with Gasteiger partial charge in [-0.05, 0) is 18.2 Å². The molecule has 5 heteroatoms. The Morgan fingerprint density at radius 2 is 2.08 bits per heavy atom. The molecule has 66 valence electrons. The summed E-state index contributed by atoms with van der Waals surface area (Å²) in [6.07, 6.45) is 1.14. The van der Waals surface area contributed by atoms with Crippen LogP contribution in [-0.2, 0) is 4.79 Å². The van der Waals surface area contributed by atoms with Crippen LogP contribution < -0.4 is 0 Å². The smallest absolute Gasteiger partial charge is 0.266 e. The van der Waals surface area contributed by atoms with Crippen molar-refractivity contribution in [3.8, 4) is 0 Å².